The molecule has 1 aromatic carbocycles. The topological polar surface area (TPSA) is 37.4 Å². The summed E-state index contributed by atoms with van der Waals surface area (Å²) in [4.78, 5) is 0.344. The van der Waals surface area contributed by atoms with Crippen LogP contribution in [0.3, 0.4) is 0 Å². The number of rotatable bonds is 2. The Hall–Kier alpha value is 0.0900. The molecule has 20 heavy (non-hydrogen) atoms. The maximum absolute atomic E-state index is 12.8. The molecule has 0 aromatic heterocycles. The Labute approximate surface area is 138 Å². The maximum atomic E-state index is 12.8. The van der Waals surface area contributed by atoms with Gasteiger partial charge in [0.1, 0.15) is 0 Å². The van der Waals surface area contributed by atoms with E-state index in [9.17, 15) is 8.42 Å². The van der Waals surface area contributed by atoms with Crippen LogP contribution in [0, 0.1) is 18.8 Å². The fraction of sp³-hybridized carbons (Fsp3) is 0.571. The molecular weight excluding hydrogens is 406 g/mol. The summed E-state index contributed by atoms with van der Waals surface area (Å²) in [6.07, 6.45) is 0.922. The first-order chi connectivity index (χ1) is 9.23. The van der Waals surface area contributed by atoms with E-state index >= 15 is 0 Å². The number of piperidine rings is 1. The van der Waals surface area contributed by atoms with Crippen molar-refractivity contribution in [2.75, 3.05) is 13.1 Å². The number of hydrogen-bond donors (Lipinski definition) is 0. The Morgan fingerprint density at radius 3 is 2.40 bits per heavy atom. The van der Waals surface area contributed by atoms with Gasteiger partial charge in [-0.3, -0.25) is 0 Å². The summed E-state index contributed by atoms with van der Waals surface area (Å²) >= 11 is 6.80. The molecule has 1 aliphatic rings. The zero-order chi connectivity index (χ0) is 15.1. The average molecular weight is 425 g/mol. The van der Waals surface area contributed by atoms with Crippen LogP contribution in [0.1, 0.15) is 25.8 Å². The number of halogens is 2. The van der Waals surface area contributed by atoms with Crippen molar-refractivity contribution in [3.63, 3.8) is 0 Å². The minimum atomic E-state index is -3.43. The third-order valence-corrected chi connectivity index (χ3v) is 7.81. The van der Waals surface area contributed by atoms with Gasteiger partial charge in [0.25, 0.3) is 0 Å². The van der Waals surface area contributed by atoms with E-state index in [1.165, 1.54) is 0 Å². The van der Waals surface area contributed by atoms with E-state index in [0.29, 0.717) is 34.3 Å². The lowest BCUT2D eigenvalue weighted by Gasteiger charge is -2.34. The van der Waals surface area contributed by atoms with E-state index in [0.717, 1.165) is 16.5 Å². The summed E-state index contributed by atoms with van der Waals surface area (Å²) in [5, 5.41) is 0. The summed E-state index contributed by atoms with van der Waals surface area (Å²) in [5.41, 5.74) is 1.01. The second kappa shape index (κ2) is 6.07. The van der Waals surface area contributed by atoms with Gasteiger partial charge in [-0.1, -0.05) is 29.8 Å². The number of aryl methyl sites for hydroxylation is 1. The van der Waals surface area contributed by atoms with Gasteiger partial charge in [-0.15, -0.1) is 0 Å². The van der Waals surface area contributed by atoms with Crippen molar-refractivity contribution in [1.29, 1.82) is 0 Å². The van der Waals surface area contributed by atoms with E-state index in [2.05, 4.69) is 45.7 Å². The molecule has 1 fully saturated rings. The van der Waals surface area contributed by atoms with Crippen LogP contribution in [0.15, 0.2) is 26.0 Å². The first-order valence-electron chi connectivity index (χ1n) is 6.69. The predicted molar refractivity (Wildman–Crippen MR) is 88.3 cm³/mol. The van der Waals surface area contributed by atoms with Crippen molar-refractivity contribution >= 4 is 41.9 Å². The molecule has 0 saturated carbocycles. The largest absolute Gasteiger partial charge is 0.244 e. The molecule has 1 saturated heterocycles. The molecule has 2 rings (SSSR count). The molecule has 1 aromatic rings. The molecule has 2 atom stereocenters. The Morgan fingerprint density at radius 2 is 1.80 bits per heavy atom. The van der Waals surface area contributed by atoms with Gasteiger partial charge in [-0.25, -0.2) is 8.42 Å². The van der Waals surface area contributed by atoms with E-state index in [-0.39, 0.29) is 0 Å². The van der Waals surface area contributed by atoms with Crippen molar-refractivity contribution in [2.45, 2.75) is 32.1 Å². The maximum Gasteiger partial charge on any atom is 0.244 e. The minimum Gasteiger partial charge on any atom is -0.207 e. The Balaban J connectivity index is 2.38. The van der Waals surface area contributed by atoms with Crippen LogP contribution in [0.25, 0.3) is 0 Å². The molecule has 0 bridgehead atoms. The second-order valence-corrected chi connectivity index (χ2v) is 9.25. The monoisotopic (exact) mass is 423 g/mol. The minimum absolute atomic E-state index is 0.344. The van der Waals surface area contributed by atoms with Gasteiger partial charge >= 0.3 is 0 Å². The first-order valence-corrected chi connectivity index (χ1v) is 9.72. The van der Waals surface area contributed by atoms with Crippen LogP contribution >= 0.6 is 31.9 Å². The van der Waals surface area contributed by atoms with Gasteiger partial charge in [-0.05, 0) is 58.8 Å². The average Bonchev–Trinajstić information content (AvgIpc) is 2.36. The molecule has 112 valence electrons. The smallest absolute Gasteiger partial charge is 0.207 e. The highest BCUT2D eigenvalue weighted by Gasteiger charge is 2.33. The van der Waals surface area contributed by atoms with Crippen molar-refractivity contribution in [1.82, 2.24) is 4.31 Å². The van der Waals surface area contributed by atoms with E-state index < -0.39 is 10.0 Å². The predicted octanol–water partition coefficient (Wildman–Crippen LogP) is 4.19. The number of hydrogen-bond acceptors (Lipinski definition) is 2. The lowest BCUT2D eigenvalue weighted by atomic mass is 9.90. The van der Waals surface area contributed by atoms with Gasteiger partial charge in [0.05, 0.1) is 4.90 Å². The Kier molecular flexibility index (Phi) is 4.99. The zero-order valence-electron chi connectivity index (χ0n) is 11.9. The van der Waals surface area contributed by atoms with Gasteiger partial charge < -0.3 is 0 Å². The van der Waals surface area contributed by atoms with Crippen molar-refractivity contribution in [3.05, 3.63) is 26.6 Å². The lowest BCUT2D eigenvalue weighted by molar-refractivity contribution is 0.212. The van der Waals surface area contributed by atoms with Gasteiger partial charge in [0.15, 0.2) is 0 Å². The highest BCUT2D eigenvalue weighted by atomic mass is 79.9. The van der Waals surface area contributed by atoms with Crippen LogP contribution in [-0.4, -0.2) is 25.8 Å². The van der Waals surface area contributed by atoms with Gasteiger partial charge in [0.2, 0.25) is 10.0 Å². The summed E-state index contributed by atoms with van der Waals surface area (Å²) in [6, 6.07) is 3.53. The third kappa shape index (κ3) is 3.13. The van der Waals surface area contributed by atoms with Crippen molar-refractivity contribution < 1.29 is 8.42 Å². The zero-order valence-corrected chi connectivity index (χ0v) is 15.8. The number of nitrogens with zero attached hydrogens (tertiary/aromatic N) is 1. The van der Waals surface area contributed by atoms with Crippen molar-refractivity contribution in [2.24, 2.45) is 11.8 Å². The fourth-order valence-corrected chi connectivity index (χ4v) is 5.60. The Bertz CT molecular complexity index is 616. The lowest BCUT2D eigenvalue weighted by Crippen LogP contribution is -2.42. The first kappa shape index (κ1) is 16.5. The molecule has 0 spiro atoms. The van der Waals surface area contributed by atoms with Crippen LogP contribution in [0.5, 0.6) is 0 Å². The number of sulfonamides is 1. The van der Waals surface area contributed by atoms with E-state index in [1.807, 2.05) is 13.0 Å². The third-order valence-electron chi connectivity index (χ3n) is 4.13. The van der Waals surface area contributed by atoms with Crippen LogP contribution in [0.4, 0.5) is 0 Å². The molecule has 1 heterocycles. The highest BCUT2D eigenvalue weighted by Crippen LogP contribution is 2.33. The molecule has 1 aliphatic heterocycles. The summed E-state index contributed by atoms with van der Waals surface area (Å²) in [6.45, 7) is 7.45. The summed E-state index contributed by atoms with van der Waals surface area (Å²) in [5.74, 6) is 0.973. The van der Waals surface area contributed by atoms with E-state index in [4.69, 9.17) is 0 Å². The second-order valence-electron chi connectivity index (χ2n) is 5.64. The molecule has 6 heteroatoms. The van der Waals surface area contributed by atoms with Crippen LogP contribution < -0.4 is 0 Å². The van der Waals surface area contributed by atoms with Crippen LogP contribution in [-0.2, 0) is 10.0 Å². The van der Waals surface area contributed by atoms with Crippen LogP contribution in [0.2, 0.25) is 0 Å². The number of benzene rings is 1. The SMILES string of the molecule is Cc1cc(Br)c(S(=O)(=O)N2CCC(C)C(C)C2)cc1Br. The summed E-state index contributed by atoms with van der Waals surface area (Å²) in [7, 11) is -3.43. The highest BCUT2D eigenvalue weighted by molar-refractivity contribution is 9.11. The molecule has 0 N–H and O–H groups in total. The molecule has 3 nitrogen and oxygen atoms in total. The normalized spacial score (nSPS) is 24.9. The van der Waals surface area contributed by atoms with Gasteiger partial charge in [-0.2, -0.15) is 4.31 Å². The van der Waals surface area contributed by atoms with Crippen molar-refractivity contribution in [3.8, 4) is 0 Å². The standard InChI is InChI=1S/C14H19Br2NO2S/c1-9-4-5-17(8-11(9)3)20(18,19)14-7-12(15)10(2)6-13(14)16/h6-7,9,11H,4-5,8H2,1-3H3. The molecule has 0 aliphatic carbocycles. The summed E-state index contributed by atoms with van der Waals surface area (Å²) < 4.78 is 28.7. The quantitative estimate of drug-likeness (QED) is 0.713. The van der Waals surface area contributed by atoms with Gasteiger partial charge in [0, 0.05) is 22.0 Å². The van der Waals surface area contributed by atoms with E-state index in [1.54, 1.807) is 10.4 Å². The molecule has 0 radical (unpaired) electrons. The molecule has 2 unspecified atom stereocenters. The Morgan fingerprint density at radius 1 is 1.15 bits per heavy atom. The fourth-order valence-electron chi connectivity index (χ4n) is 2.41. The molecule has 0 amide bonds. The molecular formula is C14H19Br2NO2S.